The lowest BCUT2D eigenvalue weighted by Crippen LogP contribution is -2.47. The van der Waals surface area contributed by atoms with Crippen LogP contribution in [0.5, 0.6) is 0 Å². The van der Waals surface area contributed by atoms with Crippen LogP contribution in [0.3, 0.4) is 0 Å². The van der Waals surface area contributed by atoms with Crippen LogP contribution in [-0.4, -0.2) is 35.1 Å². The highest BCUT2D eigenvalue weighted by atomic mass is 19.1. The molecule has 26 heavy (non-hydrogen) atoms. The molecule has 1 rings (SSSR count). The maximum atomic E-state index is 13.4. The van der Waals surface area contributed by atoms with Gasteiger partial charge in [0.25, 0.3) is 0 Å². The highest BCUT2D eigenvalue weighted by molar-refractivity contribution is 5.87. The number of hydrogen-bond acceptors (Lipinski definition) is 3. The van der Waals surface area contributed by atoms with Gasteiger partial charge in [-0.2, -0.15) is 0 Å². The number of aliphatic hydroxyl groups is 1. The van der Waals surface area contributed by atoms with Gasteiger partial charge < -0.3 is 15.7 Å². The van der Waals surface area contributed by atoms with Crippen molar-refractivity contribution in [2.24, 2.45) is 0 Å². The van der Waals surface area contributed by atoms with Crippen molar-refractivity contribution in [1.82, 2.24) is 10.6 Å². The lowest BCUT2D eigenvalue weighted by molar-refractivity contribution is -0.121. The highest BCUT2D eigenvalue weighted by Crippen LogP contribution is 2.15. The van der Waals surface area contributed by atoms with E-state index in [9.17, 15) is 23.5 Å². The van der Waals surface area contributed by atoms with E-state index in [1.54, 1.807) is 0 Å². The van der Waals surface area contributed by atoms with E-state index in [0.717, 1.165) is 30.7 Å². The van der Waals surface area contributed by atoms with E-state index < -0.39 is 23.8 Å². The van der Waals surface area contributed by atoms with Crippen LogP contribution in [0.15, 0.2) is 30.9 Å². The summed E-state index contributed by atoms with van der Waals surface area (Å²) in [6, 6.07) is 2.03. The number of aliphatic hydroxyl groups excluding tert-OH is 1. The number of benzene rings is 1. The van der Waals surface area contributed by atoms with Crippen LogP contribution in [0.25, 0.3) is 0 Å². The Morgan fingerprint density at radius 1 is 1.23 bits per heavy atom. The summed E-state index contributed by atoms with van der Waals surface area (Å²) in [7, 11) is 0. The molecule has 0 saturated carbocycles. The van der Waals surface area contributed by atoms with Crippen molar-refractivity contribution in [1.29, 1.82) is 0 Å². The van der Waals surface area contributed by atoms with Crippen molar-refractivity contribution < 1.29 is 23.5 Å². The van der Waals surface area contributed by atoms with Gasteiger partial charge in [-0.3, -0.25) is 9.59 Å². The lowest BCUT2D eigenvalue weighted by atomic mass is 9.94. The van der Waals surface area contributed by atoms with Crippen LogP contribution >= 0.6 is 0 Å². The van der Waals surface area contributed by atoms with Crippen molar-refractivity contribution in [2.75, 3.05) is 0 Å². The first-order chi connectivity index (χ1) is 12.2. The molecule has 0 aliphatic rings. The Hall–Kier alpha value is -2.28. The van der Waals surface area contributed by atoms with Crippen molar-refractivity contribution in [3.05, 3.63) is 48.1 Å². The highest BCUT2D eigenvalue weighted by Gasteiger charge is 2.25. The molecule has 3 N–H and O–H groups in total. The molecule has 7 heteroatoms. The van der Waals surface area contributed by atoms with Crippen molar-refractivity contribution in [3.63, 3.8) is 0 Å². The van der Waals surface area contributed by atoms with Crippen LogP contribution in [-0.2, 0) is 16.0 Å². The second-order valence-electron chi connectivity index (χ2n) is 6.29. The number of carbonyl (C=O) groups is 2. The van der Waals surface area contributed by atoms with Gasteiger partial charge in [0.15, 0.2) is 0 Å². The van der Waals surface area contributed by atoms with E-state index >= 15 is 0 Å². The van der Waals surface area contributed by atoms with Crippen molar-refractivity contribution in [3.8, 4) is 0 Å². The van der Waals surface area contributed by atoms with Crippen molar-refractivity contribution in [2.45, 2.75) is 57.7 Å². The van der Waals surface area contributed by atoms with Gasteiger partial charge in [-0.1, -0.05) is 19.9 Å². The minimum atomic E-state index is -1.01. The Bertz CT molecular complexity index is 617. The van der Waals surface area contributed by atoms with E-state index in [-0.39, 0.29) is 30.7 Å². The first kappa shape index (κ1) is 21.8. The summed E-state index contributed by atoms with van der Waals surface area (Å²) < 4.78 is 26.8. The molecule has 0 saturated heterocycles. The first-order valence-electron chi connectivity index (χ1n) is 8.58. The molecule has 0 bridgehead atoms. The normalized spacial score (nSPS) is 14.2. The molecule has 2 amide bonds. The number of halogens is 2. The third-order valence-corrected chi connectivity index (χ3v) is 3.93. The number of carbonyl (C=O) groups excluding carboxylic acids is 2. The molecule has 0 radical (unpaired) electrons. The molecule has 3 atom stereocenters. The number of hydrogen-bond donors (Lipinski definition) is 3. The molecule has 0 aliphatic carbocycles. The fraction of sp³-hybridized carbons (Fsp3) is 0.474. The predicted octanol–water partition coefficient (Wildman–Crippen LogP) is 2.23. The maximum absolute atomic E-state index is 13.4. The monoisotopic (exact) mass is 368 g/mol. The Morgan fingerprint density at radius 3 is 2.35 bits per heavy atom. The smallest absolute Gasteiger partial charge is 0.243 e. The van der Waals surface area contributed by atoms with Crippen molar-refractivity contribution >= 4 is 11.8 Å². The van der Waals surface area contributed by atoms with Gasteiger partial charge in [0.05, 0.1) is 12.1 Å². The summed E-state index contributed by atoms with van der Waals surface area (Å²) in [5.74, 6) is -2.16. The van der Waals surface area contributed by atoms with Gasteiger partial charge in [0, 0.05) is 19.0 Å². The molecule has 1 aromatic carbocycles. The predicted molar refractivity (Wildman–Crippen MR) is 95.3 cm³/mol. The summed E-state index contributed by atoms with van der Waals surface area (Å²) in [6.45, 7) is 6.64. The SMILES string of the molecule is C=CC(=O)NC(CCC)C[C@H](O)[C@H](Cc1cc(F)cc(F)c1)NC(C)=O. The quantitative estimate of drug-likeness (QED) is 0.554. The fourth-order valence-electron chi connectivity index (χ4n) is 2.84. The van der Waals surface area contributed by atoms with Gasteiger partial charge in [-0.25, -0.2) is 8.78 Å². The summed E-state index contributed by atoms with van der Waals surface area (Å²) in [4.78, 5) is 23.0. The number of nitrogens with one attached hydrogen (secondary N) is 2. The van der Waals surface area contributed by atoms with Crippen LogP contribution in [0, 0.1) is 11.6 Å². The first-order valence-corrected chi connectivity index (χ1v) is 8.58. The molecular formula is C19H26F2N2O3. The molecule has 0 aromatic heterocycles. The zero-order valence-corrected chi connectivity index (χ0v) is 15.1. The van der Waals surface area contributed by atoms with Crippen LogP contribution in [0.4, 0.5) is 8.78 Å². The molecule has 1 aromatic rings. The number of rotatable bonds is 10. The maximum Gasteiger partial charge on any atom is 0.243 e. The molecule has 0 spiro atoms. The Morgan fingerprint density at radius 2 is 1.85 bits per heavy atom. The molecule has 144 valence electrons. The molecular weight excluding hydrogens is 342 g/mol. The summed E-state index contributed by atoms with van der Waals surface area (Å²) in [6.07, 6.45) is 1.81. The summed E-state index contributed by atoms with van der Waals surface area (Å²) in [5.41, 5.74) is 0.322. The van der Waals surface area contributed by atoms with E-state index in [1.165, 1.54) is 6.92 Å². The minimum Gasteiger partial charge on any atom is -0.391 e. The fourth-order valence-corrected chi connectivity index (χ4v) is 2.84. The van der Waals surface area contributed by atoms with Gasteiger partial charge >= 0.3 is 0 Å². The zero-order chi connectivity index (χ0) is 19.7. The molecule has 5 nitrogen and oxygen atoms in total. The average molecular weight is 368 g/mol. The molecule has 0 heterocycles. The topological polar surface area (TPSA) is 78.4 Å². The Kier molecular flexibility index (Phi) is 8.92. The molecule has 0 aliphatic heterocycles. The number of amides is 2. The van der Waals surface area contributed by atoms with Crippen LogP contribution in [0.1, 0.15) is 38.7 Å². The molecule has 0 fully saturated rings. The van der Waals surface area contributed by atoms with E-state index in [4.69, 9.17) is 0 Å². The van der Waals surface area contributed by atoms with E-state index in [0.29, 0.717) is 12.0 Å². The summed E-state index contributed by atoms with van der Waals surface area (Å²) >= 11 is 0. The van der Waals surface area contributed by atoms with Gasteiger partial charge in [0.1, 0.15) is 11.6 Å². The average Bonchev–Trinajstić information content (AvgIpc) is 2.52. The minimum absolute atomic E-state index is 0.0592. The van der Waals surface area contributed by atoms with E-state index in [1.807, 2.05) is 6.92 Å². The molecule has 1 unspecified atom stereocenters. The Balaban J connectivity index is 2.89. The zero-order valence-electron chi connectivity index (χ0n) is 15.1. The second-order valence-corrected chi connectivity index (χ2v) is 6.29. The van der Waals surface area contributed by atoms with Gasteiger partial charge in [0.2, 0.25) is 11.8 Å². The van der Waals surface area contributed by atoms with Gasteiger partial charge in [-0.15, -0.1) is 0 Å². The van der Waals surface area contributed by atoms with Gasteiger partial charge in [-0.05, 0) is 43.0 Å². The van der Waals surface area contributed by atoms with Crippen LogP contribution < -0.4 is 10.6 Å². The third-order valence-electron chi connectivity index (χ3n) is 3.93. The third kappa shape index (κ3) is 7.74. The largest absolute Gasteiger partial charge is 0.391 e. The summed E-state index contributed by atoms with van der Waals surface area (Å²) in [5, 5.41) is 15.9. The lowest BCUT2D eigenvalue weighted by Gasteiger charge is -2.27. The van der Waals surface area contributed by atoms with Crippen LogP contribution in [0.2, 0.25) is 0 Å². The Labute approximate surface area is 152 Å². The standard InChI is InChI=1S/C19H26F2N2O3/c1-4-6-16(23-19(26)5-2)11-18(25)17(22-12(3)24)9-13-7-14(20)10-15(21)8-13/h5,7-8,10,16-18,25H,2,4,6,9,11H2,1,3H3,(H,22,24)(H,23,26)/t16?,17-,18-/m0/s1. The second kappa shape index (κ2) is 10.7. The van der Waals surface area contributed by atoms with E-state index in [2.05, 4.69) is 17.2 Å².